The van der Waals surface area contributed by atoms with E-state index in [1.165, 1.54) is 5.56 Å². The third-order valence-electron chi connectivity index (χ3n) is 4.73. The van der Waals surface area contributed by atoms with Crippen LogP contribution in [0.1, 0.15) is 29.5 Å². The first-order valence-corrected chi connectivity index (χ1v) is 8.58. The number of nitrogens with zero attached hydrogens (tertiary/aromatic N) is 1. The molecule has 0 aromatic heterocycles. The van der Waals surface area contributed by atoms with Crippen LogP contribution in [-0.2, 0) is 0 Å². The molecule has 0 N–H and O–H groups in total. The summed E-state index contributed by atoms with van der Waals surface area (Å²) >= 11 is 0. The van der Waals surface area contributed by atoms with E-state index in [0.717, 1.165) is 34.9 Å². The molecule has 2 aromatic carbocycles. The molecule has 2 aliphatic heterocycles. The normalized spacial score (nSPS) is 17.8. The molecule has 0 amide bonds. The highest BCUT2D eigenvalue weighted by molar-refractivity contribution is 6.12. The molecule has 26 heavy (non-hydrogen) atoms. The molecule has 2 aliphatic rings. The van der Waals surface area contributed by atoms with Crippen LogP contribution in [0.3, 0.4) is 0 Å². The Hall–Kier alpha value is -2.95. The van der Waals surface area contributed by atoms with Gasteiger partial charge in [0.15, 0.2) is 23.0 Å². The van der Waals surface area contributed by atoms with E-state index < -0.39 is 0 Å². The Kier molecular flexibility index (Phi) is 4.29. The summed E-state index contributed by atoms with van der Waals surface area (Å²) in [6, 6.07) is 9.95. The lowest BCUT2D eigenvalue weighted by atomic mass is 9.89. The Morgan fingerprint density at radius 2 is 1.77 bits per heavy atom. The smallest absolute Gasteiger partial charge is 0.231 e. The van der Waals surface area contributed by atoms with Crippen molar-refractivity contribution in [3.05, 3.63) is 53.1 Å². The minimum atomic E-state index is 0.278. The van der Waals surface area contributed by atoms with Crippen molar-refractivity contribution in [2.75, 3.05) is 27.6 Å². The molecular formula is C21H21NO4. The third kappa shape index (κ3) is 2.90. The maximum Gasteiger partial charge on any atom is 0.231 e. The summed E-state index contributed by atoms with van der Waals surface area (Å²) in [7, 11) is 3.27. The number of hydrogen-bond donors (Lipinski definition) is 0. The van der Waals surface area contributed by atoms with E-state index >= 15 is 0 Å². The number of methoxy groups -OCH3 is 2. The van der Waals surface area contributed by atoms with Gasteiger partial charge >= 0.3 is 0 Å². The second kappa shape index (κ2) is 6.75. The zero-order valence-electron chi connectivity index (χ0n) is 15.1. The fourth-order valence-electron chi connectivity index (χ4n) is 3.28. The van der Waals surface area contributed by atoms with E-state index in [-0.39, 0.29) is 6.79 Å². The summed E-state index contributed by atoms with van der Waals surface area (Å²) in [4.78, 5) is 4.75. The fourth-order valence-corrected chi connectivity index (χ4v) is 3.28. The maximum absolute atomic E-state index is 5.53. The number of fused-ring (bicyclic) bond motifs is 2. The predicted octanol–water partition coefficient (Wildman–Crippen LogP) is 4.05. The molecule has 1 atom stereocenters. The Balaban J connectivity index is 1.66. The van der Waals surface area contributed by atoms with Crippen molar-refractivity contribution < 1.29 is 18.9 Å². The predicted molar refractivity (Wildman–Crippen MR) is 101 cm³/mol. The molecule has 0 fully saturated rings. The summed E-state index contributed by atoms with van der Waals surface area (Å²) in [6.45, 7) is 3.22. The Bertz CT molecular complexity index is 901. The van der Waals surface area contributed by atoms with E-state index in [0.29, 0.717) is 17.4 Å². The van der Waals surface area contributed by atoms with Crippen LogP contribution >= 0.6 is 0 Å². The molecule has 0 radical (unpaired) electrons. The summed E-state index contributed by atoms with van der Waals surface area (Å²) in [5.74, 6) is 3.38. The van der Waals surface area contributed by atoms with Gasteiger partial charge in [0.05, 0.1) is 19.9 Å². The van der Waals surface area contributed by atoms with Crippen LogP contribution in [0.2, 0.25) is 0 Å². The molecule has 5 nitrogen and oxygen atoms in total. The first-order chi connectivity index (χ1) is 12.7. The summed E-state index contributed by atoms with van der Waals surface area (Å²) < 4.78 is 21.7. The van der Waals surface area contributed by atoms with Gasteiger partial charge in [0.25, 0.3) is 0 Å². The van der Waals surface area contributed by atoms with Crippen LogP contribution in [0.15, 0.2) is 41.4 Å². The van der Waals surface area contributed by atoms with Gasteiger partial charge in [0.2, 0.25) is 6.79 Å². The monoisotopic (exact) mass is 351 g/mol. The zero-order valence-corrected chi connectivity index (χ0v) is 15.1. The van der Waals surface area contributed by atoms with E-state index in [4.69, 9.17) is 23.9 Å². The molecule has 0 saturated carbocycles. The van der Waals surface area contributed by atoms with Crippen LogP contribution in [0.25, 0.3) is 6.08 Å². The van der Waals surface area contributed by atoms with Gasteiger partial charge in [-0.05, 0) is 41.5 Å². The Morgan fingerprint density at radius 1 is 1.00 bits per heavy atom. The highest BCUT2D eigenvalue weighted by Gasteiger charge is 2.24. The van der Waals surface area contributed by atoms with Crippen molar-refractivity contribution in [2.45, 2.75) is 12.8 Å². The zero-order chi connectivity index (χ0) is 18.1. The van der Waals surface area contributed by atoms with Crippen LogP contribution in [-0.4, -0.2) is 33.3 Å². The maximum atomic E-state index is 5.53. The quantitative estimate of drug-likeness (QED) is 0.834. The van der Waals surface area contributed by atoms with E-state index in [1.807, 2.05) is 36.4 Å². The highest BCUT2D eigenvalue weighted by Crippen LogP contribution is 2.39. The number of aliphatic imine (C=N–C) groups is 1. The number of ether oxygens (including phenoxy) is 4. The molecule has 134 valence electrons. The lowest BCUT2D eigenvalue weighted by molar-refractivity contribution is 0.174. The van der Waals surface area contributed by atoms with Crippen molar-refractivity contribution >= 4 is 11.8 Å². The largest absolute Gasteiger partial charge is 0.493 e. The van der Waals surface area contributed by atoms with Gasteiger partial charge < -0.3 is 18.9 Å². The summed E-state index contributed by atoms with van der Waals surface area (Å²) in [5.41, 5.74) is 4.32. The summed E-state index contributed by atoms with van der Waals surface area (Å²) in [5, 5.41) is 0. The average molecular weight is 351 g/mol. The highest BCUT2D eigenvalue weighted by atomic mass is 16.7. The molecule has 0 spiro atoms. The van der Waals surface area contributed by atoms with Gasteiger partial charge in [-0.3, -0.25) is 4.99 Å². The molecule has 0 bridgehead atoms. The fraction of sp³-hybridized carbons (Fsp3) is 0.286. The van der Waals surface area contributed by atoms with Gasteiger partial charge in [-0.15, -0.1) is 0 Å². The van der Waals surface area contributed by atoms with Crippen molar-refractivity contribution in [3.8, 4) is 23.0 Å². The van der Waals surface area contributed by atoms with Crippen LogP contribution in [0.5, 0.6) is 23.0 Å². The molecule has 2 aromatic rings. The minimum absolute atomic E-state index is 0.278. The lowest BCUT2D eigenvalue weighted by Crippen LogP contribution is -2.14. The Morgan fingerprint density at radius 3 is 2.54 bits per heavy atom. The molecule has 4 rings (SSSR count). The van der Waals surface area contributed by atoms with Crippen molar-refractivity contribution in [1.29, 1.82) is 0 Å². The second-order valence-corrected chi connectivity index (χ2v) is 6.37. The lowest BCUT2D eigenvalue weighted by Gasteiger charge is -2.21. The minimum Gasteiger partial charge on any atom is -0.493 e. The third-order valence-corrected chi connectivity index (χ3v) is 4.73. The van der Waals surface area contributed by atoms with E-state index in [9.17, 15) is 0 Å². The van der Waals surface area contributed by atoms with Crippen LogP contribution < -0.4 is 18.9 Å². The average Bonchev–Trinajstić information content (AvgIpc) is 3.13. The second-order valence-electron chi connectivity index (χ2n) is 6.37. The van der Waals surface area contributed by atoms with Gasteiger partial charge in [0, 0.05) is 18.0 Å². The molecule has 0 aliphatic carbocycles. The first-order valence-electron chi connectivity index (χ1n) is 8.58. The van der Waals surface area contributed by atoms with Crippen LogP contribution in [0.4, 0.5) is 0 Å². The van der Waals surface area contributed by atoms with Crippen LogP contribution in [0, 0.1) is 0 Å². The van der Waals surface area contributed by atoms with Gasteiger partial charge in [-0.1, -0.05) is 19.1 Å². The molecule has 5 heteroatoms. The number of allylic oxidation sites excluding steroid dienone is 1. The molecule has 2 heterocycles. The molecular weight excluding hydrogens is 330 g/mol. The summed E-state index contributed by atoms with van der Waals surface area (Å²) in [6.07, 6.45) is 4.07. The van der Waals surface area contributed by atoms with Crippen molar-refractivity contribution in [1.82, 2.24) is 0 Å². The van der Waals surface area contributed by atoms with Gasteiger partial charge in [-0.25, -0.2) is 0 Å². The van der Waals surface area contributed by atoms with E-state index in [2.05, 4.69) is 13.0 Å². The number of benzene rings is 2. The SMILES string of the molecule is COc1ccc(C=CC2=NCC(C)c3cc4c(cc32)OCO4)cc1OC. The first kappa shape index (κ1) is 16.5. The number of hydrogen-bond acceptors (Lipinski definition) is 5. The van der Waals surface area contributed by atoms with E-state index in [1.54, 1.807) is 14.2 Å². The van der Waals surface area contributed by atoms with Crippen molar-refractivity contribution in [2.24, 2.45) is 4.99 Å². The molecule has 0 saturated heterocycles. The standard InChI is InChI=1S/C21H21NO4/c1-13-11-22-17(16-10-21-20(9-15(13)16)25-12-26-21)6-4-14-5-7-18(23-2)19(8-14)24-3/h4-10,13H,11-12H2,1-3H3. The number of rotatable bonds is 4. The molecule has 1 unspecified atom stereocenters. The topological polar surface area (TPSA) is 49.3 Å². The van der Waals surface area contributed by atoms with Crippen molar-refractivity contribution in [3.63, 3.8) is 0 Å². The Labute approximate surface area is 152 Å². The van der Waals surface area contributed by atoms with Gasteiger partial charge in [0.1, 0.15) is 0 Å². The van der Waals surface area contributed by atoms with Gasteiger partial charge in [-0.2, -0.15) is 0 Å².